The Morgan fingerprint density at radius 2 is 1.33 bits per heavy atom. The molecule has 3 aromatic rings. The van der Waals surface area contributed by atoms with Gasteiger partial charge in [-0.15, -0.1) is 0 Å². The van der Waals surface area contributed by atoms with Crippen LogP contribution in [0.5, 0.6) is 0 Å². The number of carbonyl (C=O) groups excluding carboxylic acids is 1. The summed E-state index contributed by atoms with van der Waals surface area (Å²) in [5.41, 5.74) is 3.32. The molecule has 0 spiro atoms. The monoisotopic (exact) mass is 360 g/mol. The highest BCUT2D eigenvalue weighted by atomic mass is 16.2. The van der Waals surface area contributed by atoms with Crippen molar-refractivity contribution in [3.8, 4) is 0 Å². The summed E-state index contributed by atoms with van der Waals surface area (Å²) in [5, 5.41) is 6.44. The highest BCUT2D eigenvalue weighted by Gasteiger charge is 2.19. The van der Waals surface area contributed by atoms with Crippen LogP contribution in [-0.4, -0.2) is 29.0 Å². The standard InChI is InChI=1S/C22H24N4O/c27-22(26-17-11-19-8-14-24-15-9-19)21(20-4-2-1-3-5-20)25-16-10-18-6-12-23-13-7-18/h1-9,12-15,21,25H,10-11,16-17H2,(H,26,27). The maximum Gasteiger partial charge on any atom is 0.241 e. The van der Waals surface area contributed by atoms with E-state index in [-0.39, 0.29) is 11.9 Å². The van der Waals surface area contributed by atoms with Gasteiger partial charge in [0.2, 0.25) is 5.91 Å². The van der Waals surface area contributed by atoms with Gasteiger partial charge in [0.05, 0.1) is 0 Å². The topological polar surface area (TPSA) is 66.9 Å². The molecule has 1 aromatic carbocycles. The second-order valence-corrected chi connectivity index (χ2v) is 6.30. The number of nitrogens with one attached hydrogen (secondary N) is 2. The van der Waals surface area contributed by atoms with E-state index >= 15 is 0 Å². The highest BCUT2D eigenvalue weighted by molar-refractivity contribution is 5.83. The van der Waals surface area contributed by atoms with Crippen LogP contribution in [-0.2, 0) is 17.6 Å². The molecule has 0 saturated heterocycles. The number of aromatic nitrogens is 2. The fourth-order valence-electron chi connectivity index (χ4n) is 2.90. The first-order chi connectivity index (χ1) is 13.3. The quantitative estimate of drug-likeness (QED) is 0.616. The fourth-order valence-corrected chi connectivity index (χ4v) is 2.90. The first-order valence-corrected chi connectivity index (χ1v) is 9.17. The third-order valence-corrected chi connectivity index (χ3v) is 4.37. The predicted molar refractivity (Wildman–Crippen MR) is 106 cm³/mol. The molecule has 0 bridgehead atoms. The van der Waals surface area contributed by atoms with E-state index in [9.17, 15) is 4.79 Å². The van der Waals surface area contributed by atoms with E-state index in [1.165, 1.54) is 5.56 Å². The number of amides is 1. The molecule has 5 nitrogen and oxygen atoms in total. The van der Waals surface area contributed by atoms with Crippen LogP contribution in [0.2, 0.25) is 0 Å². The highest BCUT2D eigenvalue weighted by Crippen LogP contribution is 2.13. The van der Waals surface area contributed by atoms with E-state index in [1.807, 2.05) is 54.6 Å². The van der Waals surface area contributed by atoms with Crippen molar-refractivity contribution in [1.29, 1.82) is 0 Å². The first kappa shape index (κ1) is 18.7. The molecular weight excluding hydrogens is 336 g/mol. The summed E-state index contributed by atoms with van der Waals surface area (Å²) in [6.07, 6.45) is 8.74. The molecule has 2 heterocycles. The van der Waals surface area contributed by atoms with Gasteiger partial charge in [0.1, 0.15) is 6.04 Å². The number of hydrogen-bond donors (Lipinski definition) is 2. The van der Waals surface area contributed by atoms with E-state index in [1.54, 1.807) is 24.8 Å². The third-order valence-electron chi connectivity index (χ3n) is 4.37. The van der Waals surface area contributed by atoms with Crippen molar-refractivity contribution in [2.75, 3.05) is 13.1 Å². The number of benzene rings is 1. The lowest BCUT2D eigenvalue weighted by Crippen LogP contribution is -2.39. The van der Waals surface area contributed by atoms with Gasteiger partial charge >= 0.3 is 0 Å². The van der Waals surface area contributed by atoms with E-state index < -0.39 is 0 Å². The minimum absolute atomic E-state index is 0.00927. The molecule has 0 fully saturated rings. The second-order valence-electron chi connectivity index (χ2n) is 6.30. The number of nitrogens with zero attached hydrogens (tertiary/aromatic N) is 2. The summed E-state index contributed by atoms with van der Waals surface area (Å²) in [6, 6.07) is 17.4. The van der Waals surface area contributed by atoms with Crippen LogP contribution in [0, 0.1) is 0 Å². The zero-order chi connectivity index (χ0) is 18.7. The molecule has 0 radical (unpaired) electrons. The van der Waals surface area contributed by atoms with Crippen molar-refractivity contribution < 1.29 is 4.79 Å². The van der Waals surface area contributed by atoms with E-state index in [4.69, 9.17) is 0 Å². The molecule has 2 N–H and O–H groups in total. The van der Waals surface area contributed by atoms with Crippen LogP contribution < -0.4 is 10.6 Å². The molecule has 138 valence electrons. The van der Waals surface area contributed by atoms with Crippen LogP contribution in [0.3, 0.4) is 0 Å². The molecule has 0 saturated carbocycles. The van der Waals surface area contributed by atoms with Crippen molar-refractivity contribution in [1.82, 2.24) is 20.6 Å². The smallest absolute Gasteiger partial charge is 0.241 e. The molecule has 0 aliphatic heterocycles. The fraction of sp³-hybridized carbons (Fsp3) is 0.227. The average molecular weight is 360 g/mol. The Bertz CT molecular complexity index is 809. The summed E-state index contributed by atoms with van der Waals surface area (Å²) in [7, 11) is 0. The zero-order valence-corrected chi connectivity index (χ0v) is 15.2. The molecular formula is C22H24N4O. The van der Waals surface area contributed by atoms with Crippen LogP contribution in [0.1, 0.15) is 22.7 Å². The average Bonchev–Trinajstić information content (AvgIpc) is 2.73. The van der Waals surface area contributed by atoms with E-state index in [0.29, 0.717) is 13.1 Å². The SMILES string of the molecule is O=C(NCCc1ccncc1)C(NCCc1ccncc1)c1ccccc1. The molecule has 3 rings (SSSR count). The zero-order valence-electron chi connectivity index (χ0n) is 15.2. The van der Waals surface area contributed by atoms with Crippen LogP contribution >= 0.6 is 0 Å². The second kappa shape index (κ2) is 10.2. The molecule has 5 heteroatoms. The first-order valence-electron chi connectivity index (χ1n) is 9.17. The molecule has 0 aliphatic rings. The molecule has 0 aliphatic carbocycles. The summed E-state index contributed by atoms with van der Waals surface area (Å²) < 4.78 is 0. The van der Waals surface area contributed by atoms with Crippen molar-refractivity contribution in [2.24, 2.45) is 0 Å². The van der Waals surface area contributed by atoms with Gasteiger partial charge in [-0.1, -0.05) is 30.3 Å². The van der Waals surface area contributed by atoms with Gasteiger partial charge in [-0.25, -0.2) is 0 Å². The number of pyridine rings is 2. The Morgan fingerprint density at radius 3 is 1.93 bits per heavy atom. The molecule has 1 atom stereocenters. The summed E-state index contributed by atoms with van der Waals surface area (Å²) in [6.45, 7) is 1.31. The lowest BCUT2D eigenvalue weighted by atomic mass is 10.1. The minimum atomic E-state index is -0.370. The van der Waals surface area contributed by atoms with Gasteiger partial charge in [-0.3, -0.25) is 14.8 Å². The Morgan fingerprint density at radius 1 is 0.778 bits per heavy atom. The molecule has 27 heavy (non-hydrogen) atoms. The normalized spacial score (nSPS) is 11.7. The Labute approximate surface area is 159 Å². The van der Waals surface area contributed by atoms with Crippen LogP contribution in [0.4, 0.5) is 0 Å². The van der Waals surface area contributed by atoms with Gasteiger partial charge < -0.3 is 10.6 Å². The van der Waals surface area contributed by atoms with Crippen molar-refractivity contribution in [3.63, 3.8) is 0 Å². The Hall–Kier alpha value is -3.05. The molecule has 1 amide bonds. The van der Waals surface area contributed by atoms with Gasteiger partial charge in [0.25, 0.3) is 0 Å². The largest absolute Gasteiger partial charge is 0.354 e. The number of rotatable bonds is 9. The summed E-state index contributed by atoms with van der Waals surface area (Å²) in [5.74, 6) is -0.00927. The maximum absolute atomic E-state index is 12.8. The predicted octanol–water partition coefficient (Wildman–Crippen LogP) is 2.71. The van der Waals surface area contributed by atoms with Crippen molar-refractivity contribution >= 4 is 5.91 Å². The number of carbonyl (C=O) groups is 1. The Kier molecular flexibility index (Phi) is 7.07. The summed E-state index contributed by atoms with van der Waals surface area (Å²) in [4.78, 5) is 20.8. The van der Waals surface area contributed by atoms with Crippen molar-refractivity contribution in [2.45, 2.75) is 18.9 Å². The van der Waals surface area contributed by atoms with E-state index in [2.05, 4.69) is 20.6 Å². The molecule has 1 unspecified atom stereocenters. The van der Waals surface area contributed by atoms with Gasteiger partial charge in [-0.2, -0.15) is 0 Å². The lowest BCUT2D eigenvalue weighted by molar-refractivity contribution is -0.123. The van der Waals surface area contributed by atoms with Gasteiger partial charge in [-0.05, 0) is 53.8 Å². The van der Waals surface area contributed by atoms with Gasteiger partial charge in [0, 0.05) is 37.9 Å². The number of hydrogen-bond acceptors (Lipinski definition) is 4. The Balaban J connectivity index is 1.56. The minimum Gasteiger partial charge on any atom is -0.354 e. The molecule has 2 aromatic heterocycles. The maximum atomic E-state index is 12.8. The van der Waals surface area contributed by atoms with Gasteiger partial charge in [0.15, 0.2) is 0 Å². The third kappa shape index (κ3) is 6.01. The van der Waals surface area contributed by atoms with Crippen LogP contribution in [0.15, 0.2) is 79.4 Å². The summed E-state index contributed by atoms with van der Waals surface area (Å²) >= 11 is 0. The van der Waals surface area contributed by atoms with Crippen molar-refractivity contribution in [3.05, 3.63) is 96.1 Å². The lowest BCUT2D eigenvalue weighted by Gasteiger charge is -2.19. The van der Waals surface area contributed by atoms with E-state index in [0.717, 1.165) is 24.0 Å². The van der Waals surface area contributed by atoms with Crippen LogP contribution in [0.25, 0.3) is 0 Å².